The van der Waals surface area contributed by atoms with Crippen LogP contribution in [0.4, 0.5) is 4.79 Å². The fourth-order valence-corrected chi connectivity index (χ4v) is 3.09. The Morgan fingerprint density at radius 3 is 2.57 bits per heavy atom. The lowest BCUT2D eigenvalue weighted by molar-refractivity contribution is -0.117. The monoisotopic (exact) mass is 331 g/mol. The summed E-state index contributed by atoms with van der Waals surface area (Å²) in [5.41, 5.74) is 0.421. The van der Waals surface area contributed by atoms with Gasteiger partial charge < -0.3 is 10.4 Å². The van der Waals surface area contributed by atoms with E-state index in [1.54, 1.807) is 6.92 Å². The van der Waals surface area contributed by atoms with Crippen molar-refractivity contribution in [3.8, 4) is 0 Å². The van der Waals surface area contributed by atoms with E-state index < -0.39 is 17.9 Å². The van der Waals surface area contributed by atoms with Crippen molar-refractivity contribution < 1.29 is 19.5 Å². The van der Waals surface area contributed by atoms with Crippen LogP contribution in [-0.4, -0.2) is 40.3 Å². The first-order valence-electron chi connectivity index (χ1n) is 6.20. The molecule has 0 saturated heterocycles. The van der Waals surface area contributed by atoms with Gasteiger partial charge in [-0.05, 0) is 12.8 Å². The average molecular weight is 331 g/mol. The van der Waals surface area contributed by atoms with E-state index in [0.29, 0.717) is 22.5 Å². The van der Waals surface area contributed by atoms with E-state index in [-0.39, 0.29) is 10.6 Å². The molecule has 1 rings (SSSR count). The number of carbonyl (C=O) groups excluding carboxylic acids is 2. The largest absolute Gasteiger partial charge is 0.477 e. The zero-order valence-corrected chi connectivity index (χ0v) is 13.6. The molecule has 7 nitrogen and oxygen atoms in total. The number of carbonyl (C=O) groups is 3. The molecule has 0 unspecified atom stereocenters. The molecule has 21 heavy (non-hydrogen) atoms. The highest BCUT2D eigenvalue weighted by Crippen LogP contribution is 2.26. The van der Waals surface area contributed by atoms with Gasteiger partial charge in [-0.25, -0.2) is 14.6 Å². The van der Waals surface area contributed by atoms with Gasteiger partial charge in [0.2, 0.25) is 5.91 Å². The third kappa shape index (κ3) is 6.13. The molecule has 0 aromatic carbocycles. The molecule has 0 radical (unpaired) electrons. The van der Waals surface area contributed by atoms with Crippen LogP contribution < -0.4 is 10.6 Å². The number of aryl methyl sites for hydroxylation is 1. The summed E-state index contributed by atoms with van der Waals surface area (Å²) in [7, 11) is 0. The summed E-state index contributed by atoms with van der Waals surface area (Å²) in [6.45, 7) is 5.98. The minimum atomic E-state index is -1.03. The van der Waals surface area contributed by atoms with E-state index in [1.807, 2.05) is 13.8 Å². The van der Waals surface area contributed by atoms with Gasteiger partial charge in [0, 0.05) is 6.54 Å². The molecular weight excluding hydrogens is 314 g/mol. The predicted octanol–water partition coefficient (Wildman–Crippen LogP) is 1.72. The Morgan fingerprint density at radius 1 is 1.38 bits per heavy atom. The standard InChI is InChI=1S/C12H17N3O4S2/c1-6(2)4-13-11(19)15-8(16)5-20-12-14-7(3)9(21-12)10(17)18/h6H,4-5H2,1-3H3,(H,17,18)(H2,13,15,16,19). The second kappa shape index (κ2) is 7.99. The Hall–Kier alpha value is -1.61. The molecule has 0 fully saturated rings. The Balaban J connectivity index is 2.41. The summed E-state index contributed by atoms with van der Waals surface area (Å²) in [4.78, 5) is 38.0. The number of thiazole rings is 1. The van der Waals surface area contributed by atoms with Crippen molar-refractivity contribution in [2.75, 3.05) is 12.3 Å². The molecule has 0 saturated carbocycles. The molecule has 0 atom stereocenters. The lowest BCUT2D eigenvalue weighted by Crippen LogP contribution is -2.41. The van der Waals surface area contributed by atoms with Crippen molar-refractivity contribution in [3.05, 3.63) is 10.6 Å². The average Bonchev–Trinajstić information content (AvgIpc) is 2.75. The van der Waals surface area contributed by atoms with E-state index >= 15 is 0 Å². The van der Waals surface area contributed by atoms with Crippen LogP contribution in [0.3, 0.4) is 0 Å². The topological polar surface area (TPSA) is 108 Å². The van der Waals surface area contributed by atoms with Crippen LogP contribution in [-0.2, 0) is 4.79 Å². The van der Waals surface area contributed by atoms with Gasteiger partial charge in [-0.1, -0.05) is 25.6 Å². The number of hydrogen-bond donors (Lipinski definition) is 3. The lowest BCUT2D eigenvalue weighted by Gasteiger charge is -2.07. The van der Waals surface area contributed by atoms with Gasteiger partial charge in [0.15, 0.2) is 4.34 Å². The van der Waals surface area contributed by atoms with Gasteiger partial charge in [-0.3, -0.25) is 10.1 Å². The van der Waals surface area contributed by atoms with Crippen molar-refractivity contribution in [1.29, 1.82) is 0 Å². The van der Waals surface area contributed by atoms with Crippen molar-refractivity contribution in [1.82, 2.24) is 15.6 Å². The van der Waals surface area contributed by atoms with Gasteiger partial charge in [0.25, 0.3) is 0 Å². The molecule has 0 aliphatic heterocycles. The number of carboxylic acids is 1. The quantitative estimate of drug-likeness (QED) is 0.685. The van der Waals surface area contributed by atoms with Crippen molar-refractivity contribution >= 4 is 41.0 Å². The SMILES string of the molecule is Cc1nc(SCC(=O)NC(=O)NCC(C)C)sc1C(=O)O. The third-order valence-corrected chi connectivity index (χ3v) is 4.51. The zero-order valence-electron chi connectivity index (χ0n) is 11.9. The summed E-state index contributed by atoms with van der Waals surface area (Å²) < 4.78 is 0.489. The highest BCUT2D eigenvalue weighted by atomic mass is 32.2. The first-order chi connectivity index (χ1) is 9.79. The summed E-state index contributed by atoms with van der Waals surface area (Å²) in [5.74, 6) is -1.19. The molecule has 3 N–H and O–H groups in total. The lowest BCUT2D eigenvalue weighted by atomic mass is 10.2. The van der Waals surface area contributed by atoms with Gasteiger partial charge in [-0.2, -0.15) is 0 Å². The highest BCUT2D eigenvalue weighted by Gasteiger charge is 2.15. The number of hydrogen-bond acceptors (Lipinski definition) is 6. The minimum Gasteiger partial charge on any atom is -0.477 e. The highest BCUT2D eigenvalue weighted by molar-refractivity contribution is 8.01. The normalized spacial score (nSPS) is 10.5. The second-order valence-corrected chi connectivity index (χ2v) is 6.86. The molecule has 116 valence electrons. The molecule has 9 heteroatoms. The molecule has 0 aliphatic carbocycles. The number of aromatic nitrogens is 1. The van der Waals surface area contributed by atoms with Crippen molar-refractivity contribution in [2.24, 2.45) is 5.92 Å². The summed E-state index contributed by atoms with van der Waals surface area (Å²) in [6.07, 6.45) is 0. The van der Waals surface area contributed by atoms with Crippen molar-refractivity contribution in [3.63, 3.8) is 0 Å². The maximum Gasteiger partial charge on any atom is 0.347 e. The molecular formula is C12H17N3O4S2. The molecule has 1 aromatic heterocycles. The Morgan fingerprint density at radius 2 is 2.05 bits per heavy atom. The first kappa shape index (κ1) is 17.4. The molecule has 3 amide bonds. The van der Waals surface area contributed by atoms with Crippen LogP contribution in [0, 0.1) is 12.8 Å². The van der Waals surface area contributed by atoms with E-state index in [0.717, 1.165) is 23.1 Å². The van der Waals surface area contributed by atoms with Gasteiger partial charge in [0.1, 0.15) is 4.88 Å². The Labute approximate surface area is 130 Å². The van der Waals surface area contributed by atoms with Crippen molar-refractivity contribution in [2.45, 2.75) is 25.1 Å². The number of imide groups is 1. The number of nitrogens with one attached hydrogen (secondary N) is 2. The van der Waals surface area contributed by atoms with E-state index in [4.69, 9.17) is 5.11 Å². The third-order valence-electron chi connectivity index (χ3n) is 2.22. The molecule has 1 heterocycles. The van der Waals surface area contributed by atoms with E-state index in [2.05, 4.69) is 15.6 Å². The van der Waals surface area contributed by atoms with Crippen LogP contribution in [0.5, 0.6) is 0 Å². The number of nitrogens with zero attached hydrogens (tertiary/aromatic N) is 1. The number of urea groups is 1. The smallest absolute Gasteiger partial charge is 0.347 e. The fourth-order valence-electron chi connectivity index (χ4n) is 1.26. The number of thioether (sulfide) groups is 1. The van der Waals surface area contributed by atoms with Gasteiger partial charge >= 0.3 is 12.0 Å². The molecule has 0 bridgehead atoms. The zero-order chi connectivity index (χ0) is 16.0. The van der Waals surface area contributed by atoms with Crippen LogP contribution in [0.2, 0.25) is 0 Å². The summed E-state index contributed by atoms with van der Waals surface area (Å²) in [5, 5.41) is 13.7. The summed E-state index contributed by atoms with van der Waals surface area (Å²) in [6, 6.07) is -0.532. The molecule has 0 aliphatic rings. The van der Waals surface area contributed by atoms with E-state index in [9.17, 15) is 14.4 Å². The number of carboxylic acid groups (broad SMARTS) is 1. The van der Waals surface area contributed by atoms with E-state index in [1.165, 1.54) is 0 Å². The second-order valence-electron chi connectivity index (χ2n) is 4.64. The number of rotatable bonds is 6. The number of amides is 3. The van der Waals surface area contributed by atoms with Crippen LogP contribution in [0.25, 0.3) is 0 Å². The summed E-state index contributed by atoms with van der Waals surface area (Å²) >= 11 is 2.11. The van der Waals surface area contributed by atoms with Gasteiger partial charge in [-0.15, -0.1) is 11.3 Å². The Bertz CT molecular complexity index is 543. The molecule has 0 spiro atoms. The first-order valence-corrected chi connectivity index (χ1v) is 8.01. The van der Waals surface area contributed by atoms with Crippen LogP contribution in [0.15, 0.2) is 4.34 Å². The Kier molecular flexibility index (Phi) is 6.63. The van der Waals surface area contributed by atoms with Crippen LogP contribution >= 0.6 is 23.1 Å². The molecule has 1 aromatic rings. The maximum absolute atomic E-state index is 11.6. The maximum atomic E-state index is 11.6. The van der Waals surface area contributed by atoms with Gasteiger partial charge in [0.05, 0.1) is 11.4 Å². The predicted molar refractivity (Wildman–Crippen MR) is 80.9 cm³/mol. The minimum absolute atomic E-state index is 0.00110. The fraction of sp³-hybridized carbons (Fsp3) is 0.500. The van der Waals surface area contributed by atoms with Crippen LogP contribution in [0.1, 0.15) is 29.2 Å². The number of aromatic carboxylic acids is 1.